The Kier molecular flexibility index (Phi) is 5.79. The van der Waals surface area contributed by atoms with Gasteiger partial charge in [-0.25, -0.2) is 9.37 Å². The van der Waals surface area contributed by atoms with Gasteiger partial charge in [-0.3, -0.25) is 4.98 Å². The Morgan fingerprint density at radius 3 is 2.52 bits per heavy atom. The molecule has 1 saturated carbocycles. The van der Waals surface area contributed by atoms with Gasteiger partial charge in [-0.15, -0.1) is 12.4 Å². The van der Waals surface area contributed by atoms with E-state index in [-0.39, 0.29) is 29.7 Å². The molecule has 3 aliphatic heterocycles. The number of nitrogens with one attached hydrogen (secondary N) is 2. The molecule has 0 amide bonds. The molecule has 0 radical (unpaired) electrons. The minimum absolute atomic E-state index is 0. The Morgan fingerprint density at radius 2 is 1.78 bits per heavy atom. The highest BCUT2D eigenvalue weighted by molar-refractivity contribution is 5.85. The number of benzene rings is 1. The number of aromatic amines is 1. The van der Waals surface area contributed by atoms with Crippen LogP contribution in [0.5, 0.6) is 0 Å². The monoisotopic (exact) mass is 390 g/mol. The molecule has 5 nitrogen and oxygen atoms in total. The van der Waals surface area contributed by atoms with Crippen molar-refractivity contribution in [3.8, 4) is 11.4 Å². The van der Waals surface area contributed by atoms with Crippen molar-refractivity contribution in [3.63, 3.8) is 0 Å². The van der Waals surface area contributed by atoms with Crippen LogP contribution in [0.15, 0.2) is 42.7 Å². The van der Waals surface area contributed by atoms with E-state index in [4.69, 9.17) is 0 Å². The largest absolute Gasteiger partial charge is 0.412 e. The van der Waals surface area contributed by atoms with Gasteiger partial charge in [-0.2, -0.15) is 0 Å². The van der Waals surface area contributed by atoms with Crippen LogP contribution in [0.1, 0.15) is 49.0 Å². The van der Waals surface area contributed by atoms with E-state index in [1.165, 1.54) is 12.8 Å². The van der Waals surface area contributed by atoms with Gasteiger partial charge in [0.15, 0.2) is 0 Å². The maximum absolute atomic E-state index is 13.3. The standard InChI is InChI=1S/C20H21FN4.ClH.H2O/c21-15-5-3-13(4-6-15)18-10-14(9-17(24-18)12-1-2-12)20-23-11-19-16(25-20)7-8-22-19;;/h3-8,11-12,14,17-18,24H,1-2,9-10H2,(H,23,25);1H;1H2. The molecule has 3 atom stereocenters. The molecule has 27 heavy (non-hydrogen) atoms. The van der Waals surface area contributed by atoms with Crippen molar-refractivity contribution in [1.82, 2.24) is 20.3 Å². The van der Waals surface area contributed by atoms with Crippen LogP contribution in [-0.4, -0.2) is 26.5 Å². The minimum atomic E-state index is -0.181. The second-order valence-corrected chi connectivity index (χ2v) is 7.40. The van der Waals surface area contributed by atoms with E-state index in [0.717, 1.165) is 41.5 Å². The van der Waals surface area contributed by atoms with Crippen LogP contribution in [0.4, 0.5) is 4.39 Å². The van der Waals surface area contributed by atoms with Crippen molar-refractivity contribution in [2.24, 2.45) is 5.92 Å². The van der Waals surface area contributed by atoms with Crippen molar-refractivity contribution < 1.29 is 9.87 Å². The smallest absolute Gasteiger partial charge is 0.123 e. The lowest BCUT2D eigenvalue weighted by molar-refractivity contribution is 0.265. The summed E-state index contributed by atoms with van der Waals surface area (Å²) >= 11 is 0. The number of rotatable bonds is 3. The molecule has 1 aromatic rings. The number of fused-ring (bicyclic) bond motifs is 1. The zero-order valence-electron chi connectivity index (χ0n) is 14.9. The number of H-pyrrole nitrogens is 1. The molecule has 3 heterocycles. The fourth-order valence-electron chi connectivity index (χ4n) is 4.12. The molecule has 2 fully saturated rings. The van der Waals surface area contributed by atoms with Crippen LogP contribution in [0.2, 0.25) is 0 Å². The number of nitrogens with zero attached hydrogens (tertiary/aromatic N) is 2. The van der Waals surface area contributed by atoms with Crippen molar-refractivity contribution in [3.05, 3.63) is 59.9 Å². The van der Waals surface area contributed by atoms with E-state index in [0.29, 0.717) is 12.0 Å². The minimum Gasteiger partial charge on any atom is -0.412 e. The summed E-state index contributed by atoms with van der Waals surface area (Å²) in [5.41, 5.74) is 3.11. The summed E-state index contributed by atoms with van der Waals surface area (Å²) in [6, 6.07) is 9.67. The van der Waals surface area contributed by atoms with E-state index < -0.39 is 0 Å². The number of piperidine rings is 1. The molecule has 1 aromatic carbocycles. The molecular formula is C20H24ClFN4O. The molecule has 1 saturated heterocycles. The number of hydrogen-bond donors (Lipinski definition) is 2. The average Bonchev–Trinajstić information content (AvgIpc) is 3.39. The highest BCUT2D eigenvalue weighted by atomic mass is 35.5. The lowest BCUT2D eigenvalue weighted by Crippen LogP contribution is -2.41. The van der Waals surface area contributed by atoms with Crippen LogP contribution in [0, 0.1) is 11.7 Å². The molecule has 5 rings (SSSR count). The average molecular weight is 391 g/mol. The predicted molar refractivity (Wildman–Crippen MR) is 105 cm³/mol. The van der Waals surface area contributed by atoms with Crippen molar-refractivity contribution >= 4 is 12.4 Å². The van der Waals surface area contributed by atoms with E-state index in [1.54, 1.807) is 12.1 Å². The van der Waals surface area contributed by atoms with Crippen molar-refractivity contribution in [2.75, 3.05) is 0 Å². The summed E-state index contributed by atoms with van der Waals surface area (Å²) in [5.74, 6) is 2.01. The number of aromatic nitrogens is 3. The zero-order chi connectivity index (χ0) is 16.8. The van der Waals surface area contributed by atoms with Gasteiger partial charge in [0.25, 0.3) is 0 Å². The Hall–Kier alpha value is -2.02. The summed E-state index contributed by atoms with van der Waals surface area (Å²) in [6.45, 7) is 0. The van der Waals surface area contributed by atoms with Crippen LogP contribution in [0.25, 0.3) is 11.4 Å². The van der Waals surface area contributed by atoms with Crippen LogP contribution >= 0.6 is 12.4 Å². The van der Waals surface area contributed by atoms with Gasteiger partial charge >= 0.3 is 0 Å². The van der Waals surface area contributed by atoms with Crippen molar-refractivity contribution in [1.29, 1.82) is 0 Å². The number of hydrogen-bond acceptors (Lipinski definition) is 3. The molecule has 4 N–H and O–H groups in total. The van der Waals surface area contributed by atoms with Gasteiger partial charge in [0.1, 0.15) is 17.3 Å². The van der Waals surface area contributed by atoms with Gasteiger partial charge in [0.2, 0.25) is 0 Å². The van der Waals surface area contributed by atoms with Crippen LogP contribution in [-0.2, 0) is 0 Å². The maximum Gasteiger partial charge on any atom is 0.123 e. The first-order valence-electron chi connectivity index (χ1n) is 9.07. The molecule has 7 heteroatoms. The molecular weight excluding hydrogens is 367 g/mol. The predicted octanol–water partition coefficient (Wildman–Crippen LogP) is 3.63. The first-order valence-corrected chi connectivity index (χ1v) is 9.07. The van der Waals surface area contributed by atoms with Gasteiger partial charge in [0, 0.05) is 24.2 Å². The van der Waals surface area contributed by atoms with Gasteiger partial charge in [-0.05, 0) is 55.4 Å². The third-order valence-electron chi connectivity index (χ3n) is 5.64. The summed E-state index contributed by atoms with van der Waals surface area (Å²) < 4.78 is 13.3. The zero-order valence-corrected chi connectivity index (χ0v) is 15.7. The van der Waals surface area contributed by atoms with E-state index in [1.807, 2.05) is 30.6 Å². The topological polar surface area (TPSA) is 85.1 Å². The van der Waals surface area contributed by atoms with E-state index >= 15 is 0 Å². The Morgan fingerprint density at radius 1 is 1.00 bits per heavy atom. The molecule has 3 unspecified atom stereocenters. The van der Waals surface area contributed by atoms with Gasteiger partial charge in [-0.1, -0.05) is 12.1 Å². The quantitative estimate of drug-likeness (QED) is 0.716. The highest BCUT2D eigenvalue weighted by Gasteiger charge is 2.39. The van der Waals surface area contributed by atoms with Crippen LogP contribution < -0.4 is 5.32 Å². The fraction of sp³-hybridized carbons (Fsp3) is 0.400. The maximum atomic E-state index is 13.3. The molecule has 4 aliphatic rings. The van der Waals surface area contributed by atoms with Crippen molar-refractivity contribution in [2.45, 2.75) is 43.7 Å². The van der Waals surface area contributed by atoms with E-state index in [9.17, 15) is 4.39 Å². The highest BCUT2D eigenvalue weighted by Crippen LogP contribution is 2.43. The molecule has 0 spiro atoms. The molecule has 1 aliphatic carbocycles. The Bertz CT molecular complexity index is 851. The van der Waals surface area contributed by atoms with Gasteiger partial charge < -0.3 is 15.8 Å². The lowest BCUT2D eigenvalue weighted by Gasteiger charge is -2.36. The molecule has 0 bridgehead atoms. The second kappa shape index (κ2) is 7.92. The second-order valence-electron chi connectivity index (χ2n) is 7.40. The first-order chi connectivity index (χ1) is 12.3. The Balaban J connectivity index is 0.00000105. The summed E-state index contributed by atoms with van der Waals surface area (Å²) in [6.07, 6.45) is 8.36. The summed E-state index contributed by atoms with van der Waals surface area (Å²) in [5, 5.41) is 3.81. The molecule has 0 aromatic heterocycles. The fourth-order valence-corrected chi connectivity index (χ4v) is 4.12. The summed E-state index contributed by atoms with van der Waals surface area (Å²) in [7, 11) is 0. The van der Waals surface area contributed by atoms with Crippen LogP contribution in [0.3, 0.4) is 0 Å². The van der Waals surface area contributed by atoms with Gasteiger partial charge in [0.05, 0.1) is 11.9 Å². The third kappa shape index (κ3) is 3.98. The summed E-state index contributed by atoms with van der Waals surface area (Å²) in [4.78, 5) is 12.4. The SMILES string of the molecule is Cl.Fc1ccc(C2CC(c3ncc4nccc-4[nH]3)CC(C3CC3)N2)cc1.O. The lowest BCUT2D eigenvalue weighted by atomic mass is 9.83. The van der Waals surface area contributed by atoms with E-state index in [2.05, 4.69) is 20.3 Å². The first kappa shape index (κ1) is 19.7. The normalized spacial score (nSPS) is 24.9. The molecule has 144 valence electrons. The Labute approximate surface area is 163 Å². The number of halogens is 2. The third-order valence-corrected chi connectivity index (χ3v) is 5.64.